The van der Waals surface area contributed by atoms with Gasteiger partial charge in [0.05, 0.1) is 18.6 Å². The molecule has 5 nitrogen and oxygen atoms in total. The van der Waals surface area contributed by atoms with Gasteiger partial charge in [-0.2, -0.15) is 11.8 Å². The molecule has 0 aromatic carbocycles. The third kappa shape index (κ3) is 2.63. The second-order valence-corrected chi connectivity index (χ2v) is 6.15. The van der Waals surface area contributed by atoms with Gasteiger partial charge in [-0.3, -0.25) is 9.59 Å². The number of hydrogen-bond donors (Lipinski definition) is 1. The molecule has 0 radical (unpaired) electrons. The number of amides is 2. The predicted octanol–water partition coefficient (Wildman–Crippen LogP) is 1.00. The summed E-state index contributed by atoms with van der Waals surface area (Å²) in [7, 11) is 0. The standard InChI is InChI=1S/C13H16N2O3S/c16-12-7-14-13(17)11-6-10(3-4-15(11)12)19-8-9-2-1-5-18-9/h1-2,5,10-11H,3-4,6-8H2,(H,14,17). The maximum Gasteiger partial charge on any atom is 0.243 e. The number of piperidine rings is 1. The van der Waals surface area contributed by atoms with E-state index in [2.05, 4.69) is 5.32 Å². The van der Waals surface area contributed by atoms with Gasteiger partial charge in [-0.1, -0.05) is 0 Å². The minimum Gasteiger partial charge on any atom is -0.468 e. The van der Waals surface area contributed by atoms with Crippen molar-refractivity contribution in [3.8, 4) is 0 Å². The average molecular weight is 280 g/mol. The first-order valence-corrected chi connectivity index (χ1v) is 7.50. The van der Waals surface area contributed by atoms with Gasteiger partial charge in [-0.15, -0.1) is 0 Å². The Kier molecular flexibility index (Phi) is 3.50. The van der Waals surface area contributed by atoms with E-state index < -0.39 is 0 Å². The molecular formula is C13H16N2O3S. The lowest BCUT2D eigenvalue weighted by Gasteiger charge is -2.41. The molecule has 2 amide bonds. The van der Waals surface area contributed by atoms with E-state index in [-0.39, 0.29) is 24.4 Å². The molecule has 1 aromatic heterocycles. The van der Waals surface area contributed by atoms with Gasteiger partial charge >= 0.3 is 0 Å². The van der Waals surface area contributed by atoms with Gasteiger partial charge in [-0.05, 0) is 25.0 Å². The van der Waals surface area contributed by atoms with Crippen LogP contribution in [0.4, 0.5) is 0 Å². The van der Waals surface area contributed by atoms with Gasteiger partial charge in [0.25, 0.3) is 0 Å². The molecule has 2 atom stereocenters. The van der Waals surface area contributed by atoms with E-state index in [1.807, 2.05) is 12.1 Å². The molecule has 19 heavy (non-hydrogen) atoms. The third-order valence-electron chi connectivity index (χ3n) is 3.63. The molecule has 0 bridgehead atoms. The zero-order chi connectivity index (χ0) is 13.2. The van der Waals surface area contributed by atoms with Gasteiger partial charge < -0.3 is 14.6 Å². The van der Waals surface area contributed by atoms with Crippen LogP contribution in [0.3, 0.4) is 0 Å². The van der Waals surface area contributed by atoms with Crippen molar-refractivity contribution in [1.82, 2.24) is 10.2 Å². The Balaban J connectivity index is 1.58. The van der Waals surface area contributed by atoms with E-state index >= 15 is 0 Å². The lowest BCUT2D eigenvalue weighted by molar-refractivity contribution is -0.147. The van der Waals surface area contributed by atoms with Gasteiger partial charge in [-0.25, -0.2) is 0 Å². The minimum atomic E-state index is -0.274. The van der Waals surface area contributed by atoms with Crippen LogP contribution >= 0.6 is 11.8 Å². The van der Waals surface area contributed by atoms with Crippen molar-refractivity contribution in [2.75, 3.05) is 13.1 Å². The molecule has 2 unspecified atom stereocenters. The van der Waals surface area contributed by atoms with Gasteiger partial charge in [0.15, 0.2) is 0 Å². The summed E-state index contributed by atoms with van der Waals surface area (Å²) in [5, 5.41) is 3.07. The van der Waals surface area contributed by atoms with Crippen LogP contribution in [0.25, 0.3) is 0 Å². The van der Waals surface area contributed by atoms with Crippen molar-refractivity contribution in [3.05, 3.63) is 24.2 Å². The number of nitrogens with one attached hydrogen (secondary N) is 1. The van der Waals surface area contributed by atoms with Crippen LogP contribution in [-0.4, -0.2) is 41.1 Å². The highest BCUT2D eigenvalue weighted by molar-refractivity contribution is 7.99. The summed E-state index contributed by atoms with van der Waals surface area (Å²) in [6, 6.07) is 3.56. The number of thioether (sulfide) groups is 1. The van der Waals surface area contributed by atoms with E-state index in [1.165, 1.54) is 0 Å². The van der Waals surface area contributed by atoms with Crippen molar-refractivity contribution >= 4 is 23.6 Å². The maximum absolute atomic E-state index is 11.8. The van der Waals surface area contributed by atoms with Crippen molar-refractivity contribution in [1.29, 1.82) is 0 Å². The van der Waals surface area contributed by atoms with Crippen molar-refractivity contribution in [2.45, 2.75) is 29.9 Å². The third-order valence-corrected chi connectivity index (χ3v) is 4.98. The maximum atomic E-state index is 11.8. The van der Waals surface area contributed by atoms with E-state index in [0.29, 0.717) is 11.8 Å². The molecule has 2 aliphatic rings. The first-order chi connectivity index (χ1) is 9.24. The average Bonchev–Trinajstić information content (AvgIpc) is 2.94. The fourth-order valence-corrected chi connectivity index (χ4v) is 3.76. The largest absolute Gasteiger partial charge is 0.468 e. The summed E-state index contributed by atoms with van der Waals surface area (Å²) in [6.45, 7) is 0.840. The topological polar surface area (TPSA) is 62.6 Å². The Hall–Kier alpha value is -1.43. The molecule has 2 saturated heterocycles. The molecule has 3 rings (SSSR count). The van der Waals surface area contributed by atoms with Crippen LogP contribution in [0.1, 0.15) is 18.6 Å². The molecular weight excluding hydrogens is 264 g/mol. The summed E-state index contributed by atoms with van der Waals surface area (Å²) in [5.41, 5.74) is 0. The highest BCUT2D eigenvalue weighted by Crippen LogP contribution is 2.30. The SMILES string of the molecule is O=C1NCC(=O)N2CCC(SCc3ccco3)CC12. The fraction of sp³-hybridized carbons (Fsp3) is 0.538. The number of rotatable bonds is 3. The normalized spacial score (nSPS) is 27.1. The molecule has 0 aliphatic carbocycles. The zero-order valence-corrected chi connectivity index (χ0v) is 11.3. The molecule has 6 heteroatoms. The molecule has 2 fully saturated rings. The van der Waals surface area contributed by atoms with Crippen molar-refractivity contribution in [3.63, 3.8) is 0 Å². The number of carbonyl (C=O) groups is 2. The number of hydrogen-bond acceptors (Lipinski definition) is 4. The highest BCUT2D eigenvalue weighted by atomic mass is 32.2. The van der Waals surface area contributed by atoms with Crippen molar-refractivity contribution < 1.29 is 14.0 Å². The number of piperazine rings is 1. The van der Waals surface area contributed by atoms with E-state index in [4.69, 9.17) is 4.42 Å². The first kappa shape index (κ1) is 12.6. The number of fused-ring (bicyclic) bond motifs is 1. The molecule has 2 aliphatic heterocycles. The molecule has 102 valence electrons. The Bertz CT molecular complexity index is 474. The van der Waals surface area contributed by atoms with E-state index in [0.717, 1.165) is 24.4 Å². The lowest BCUT2D eigenvalue weighted by atomic mass is 9.99. The lowest BCUT2D eigenvalue weighted by Crippen LogP contribution is -2.61. The van der Waals surface area contributed by atoms with Gasteiger partial charge in [0.1, 0.15) is 11.8 Å². The smallest absolute Gasteiger partial charge is 0.243 e. The zero-order valence-electron chi connectivity index (χ0n) is 10.5. The van der Waals surface area contributed by atoms with E-state index in [9.17, 15) is 9.59 Å². The molecule has 3 heterocycles. The van der Waals surface area contributed by atoms with Crippen LogP contribution < -0.4 is 5.32 Å². The number of nitrogens with zero attached hydrogens (tertiary/aromatic N) is 1. The second kappa shape index (κ2) is 5.28. The van der Waals surface area contributed by atoms with Crippen LogP contribution in [0, 0.1) is 0 Å². The van der Waals surface area contributed by atoms with E-state index in [1.54, 1.807) is 22.9 Å². The summed E-state index contributed by atoms with van der Waals surface area (Å²) in [4.78, 5) is 25.3. The van der Waals surface area contributed by atoms with Crippen LogP contribution in [0.15, 0.2) is 22.8 Å². The summed E-state index contributed by atoms with van der Waals surface area (Å²) < 4.78 is 5.30. The predicted molar refractivity (Wildman–Crippen MR) is 71.5 cm³/mol. The second-order valence-electron chi connectivity index (χ2n) is 4.86. The van der Waals surface area contributed by atoms with Gasteiger partial charge in [0, 0.05) is 11.8 Å². The Morgan fingerprint density at radius 3 is 3.16 bits per heavy atom. The summed E-state index contributed by atoms with van der Waals surface area (Å²) in [5.74, 6) is 1.80. The molecule has 1 N–H and O–H groups in total. The monoisotopic (exact) mass is 280 g/mol. The highest BCUT2D eigenvalue weighted by Gasteiger charge is 2.39. The summed E-state index contributed by atoms with van der Waals surface area (Å²) >= 11 is 1.80. The first-order valence-electron chi connectivity index (χ1n) is 6.45. The summed E-state index contributed by atoms with van der Waals surface area (Å²) in [6.07, 6.45) is 3.36. The Labute approximate surface area is 115 Å². The number of furan rings is 1. The Morgan fingerprint density at radius 1 is 1.47 bits per heavy atom. The Morgan fingerprint density at radius 2 is 2.37 bits per heavy atom. The van der Waals surface area contributed by atoms with Crippen LogP contribution in [-0.2, 0) is 15.3 Å². The number of carbonyl (C=O) groups excluding carboxylic acids is 2. The van der Waals surface area contributed by atoms with Gasteiger partial charge in [0.2, 0.25) is 11.8 Å². The molecule has 1 aromatic rings. The molecule has 0 saturated carbocycles. The van der Waals surface area contributed by atoms with Crippen molar-refractivity contribution in [2.24, 2.45) is 0 Å². The minimum absolute atomic E-state index is 0.0112. The quantitative estimate of drug-likeness (QED) is 0.897. The molecule has 0 spiro atoms. The fourth-order valence-electron chi connectivity index (χ4n) is 2.61. The van der Waals surface area contributed by atoms with Crippen LogP contribution in [0.5, 0.6) is 0 Å². The van der Waals surface area contributed by atoms with Crippen LogP contribution in [0.2, 0.25) is 0 Å².